The molecular weight excluding hydrogens is 222 g/mol. The standard InChI is InChI=1S/C15H25N3/c1-3-9-16-14-5-7-15(8-6-14)18-12-10-17(4-2)11-13-18/h5-8,16H,3-4,9-13H2,1-2H3. The molecule has 0 bridgehead atoms. The van der Waals surface area contributed by atoms with Crippen molar-refractivity contribution in [2.45, 2.75) is 20.3 Å². The van der Waals surface area contributed by atoms with E-state index in [1.54, 1.807) is 0 Å². The Hall–Kier alpha value is -1.22. The molecule has 0 aliphatic carbocycles. The molecule has 1 aromatic carbocycles. The molecule has 2 rings (SSSR count). The first-order chi connectivity index (χ1) is 8.83. The van der Waals surface area contributed by atoms with E-state index in [1.807, 2.05) is 0 Å². The first kappa shape index (κ1) is 13.2. The second-order valence-electron chi connectivity index (χ2n) is 4.89. The molecule has 3 nitrogen and oxygen atoms in total. The summed E-state index contributed by atoms with van der Waals surface area (Å²) in [7, 11) is 0. The Bertz CT molecular complexity index is 339. The summed E-state index contributed by atoms with van der Waals surface area (Å²) >= 11 is 0. The van der Waals surface area contributed by atoms with Crippen molar-refractivity contribution in [1.29, 1.82) is 0 Å². The maximum atomic E-state index is 3.41. The number of piperazine rings is 1. The van der Waals surface area contributed by atoms with E-state index in [2.05, 4.69) is 53.2 Å². The maximum Gasteiger partial charge on any atom is 0.0368 e. The number of benzene rings is 1. The lowest BCUT2D eigenvalue weighted by atomic mass is 10.2. The van der Waals surface area contributed by atoms with Gasteiger partial charge in [-0.05, 0) is 37.2 Å². The van der Waals surface area contributed by atoms with E-state index in [0.29, 0.717) is 0 Å². The minimum absolute atomic E-state index is 1.05. The molecule has 18 heavy (non-hydrogen) atoms. The minimum Gasteiger partial charge on any atom is -0.385 e. The van der Waals surface area contributed by atoms with E-state index in [9.17, 15) is 0 Å². The van der Waals surface area contributed by atoms with Gasteiger partial charge in [-0.25, -0.2) is 0 Å². The van der Waals surface area contributed by atoms with Crippen LogP contribution in [-0.2, 0) is 0 Å². The third kappa shape index (κ3) is 3.39. The maximum absolute atomic E-state index is 3.41. The van der Waals surface area contributed by atoms with Gasteiger partial charge in [0.25, 0.3) is 0 Å². The van der Waals surface area contributed by atoms with Crippen LogP contribution in [0.1, 0.15) is 20.3 Å². The molecule has 100 valence electrons. The van der Waals surface area contributed by atoms with Crippen molar-refractivity contribution < 1.29 is 0 Å². The number of rotatable bonds is 5. The lowest BCUT2D eigenvalue weighted by molar-refractivity contribution is 0.271. The summed E-state index contributed by atoms with van der Waals surface area (Å²) in [6, 6.07) is 8.85. The third-order valence-electron chi connectivity index (χ3n) is 3.63. The topological polar surface area (TPSA) is 18.5 Å². The molecule has 0 saturated carbocycles. The van der Waals surface area contributed by atoms with Crippen molar-refractivity contribution in [3.8, 4) is 0 Å². The molecule has 3 heteroatoms. The normalized spacial score (nSPS) is 16.9. The quantitative estimate of drug-likeness (QED) is 0.863. The molecule has 1 saturated heterocycles. The second-order valence-corrected chi connectivity index (χ2v) is 4.89. The third-order valence-corrected chi connectivity index (χ3v) is 3.63. The summed E-state index contributed by atoms with van der Waals surface area (Å²) in [6.07, 6.45) is 1.17. The summed E-state index contributed by atoms with van der Waals surface area (Å²) in [6.45, 7) is 11.3. The van der Waals surface area contributed by atoms with E-state index in [4.69, 9.17) is 0 Å². The molecule has 0 unspecified atom stereocenters. The van der Waals surface area contributed by atoms with E-state index < -0.39 is 0 Å². The molecule has 0 atom stereocenters. The highest BCUT2D eigenvalue weighted by molar-refractivity contribution is 5.55. The average molecular weight is 247 g/mol. The van der Waals surface area contributed by atoms with E-state index >= 15 is 0 Å². The highest BCUT2D eigenvalue weighted by atomic mass is 15.3. The minimum atomic E-state index is 1.05. The molecule has 1 fully saturated rings. The zero-order valence-electron chi connectivity index (χ0n) is 11.7. The zero-order chi connectivity index (χ0) is 12.8. The summed E-state index contributed by atoms with van der Waals surface area (Å²) in [5.74, 6) is 0. The highest BCUT2D eigenvalue weighted by Crippen LogP contribution is 2.19. The van der Waals surface area contributed by atoms with Crippen LogP contribution in [0, 0.1) is 0 Å². The highest BCUT2D eigenvalue weighted by Gasteiger charge is 2.15. The number of hydrogen-bond donors (Lipinski definition) is 1. The van der Waals surface area contributed by atoms with Gasteiger partial charge in [0.1, 0.15) is 0 Å². The van der Waals surface area contributed by atoms with Crippen LogP contribution < -0.4 is 10.2 Å². The van der Waals surface area contributed by atoms with Crippen LogP contribution in [0.3, 0.4) is 0 Å². The van der Waals surface area contributed by atoms with Gasteiger partial charge >= 0.3 is 0 Å². The Morgan fingerprint density at radius 3 is 2.22 bits per heavy atom. The first-order valence-corrected chi connectivity index (χ1v) is 7.14. The molecule has 1 aliphatic heterocycles. The molecule has 0 aromatic heterocycles. The lowest BCUT2D eigenvalue weighted by Gasteiger charge is -2.35. The Labute approximate surface area is 111 Å². The summed E-state index contributed by atoms with van der Waals surface area (Å²) in [4.78, 5) is 4.99. The Kier molecular flexibility index (Phi) is 4.88. The summed E-state index contributed by atoms with van der Waals surface area (Å²) in [5.41, 5.74) is 2.58. The van der Waals surface area contributed by atoms with E-state index in [0.717, 1.165) is 19.6 Å². The van der Waals surface area contributed by atoms with Crippen molar-refractivity contribution >= 4 is 11.4 Å². The van der Waals surface area contributed by atoms with Crippen molar-refractivity contribution in [3.63, 3.8) is 0 Å². The number of hydrogen-bond acceptors (Lipinski definition) is 3. The van der Waals surface area contributed by atoms with E-state index in [1.165, 1.54) is 37.4 Å². The van der Waals surface area contributed by atoms with Crippen molar-refractivity contribution in [3.05, 3.63) is 24.3 Å². The van der Waals surface area contributed by atoms with Crippen molar-refractivity contribution in [1.82, 2.24) is 4.90 Å². The van der Waals surface area contributed by atoms with Crippen LogP contribution in [0.15, 0.2) is 24.3 Å². The molecule has 0 spiro atoms. The van der Waals surface area contributed by atoms with Gasteiger partial charge in [0.2, 0.25) is 0 Å². The predicted octanol–water partition coefficient (Wildman–Crippen LogP) is 2.65. The fourth-order valence-electron chi connectivity index (χ4n) is 2.38. The van der Waals surface area contributed by atoms with E-state index in [-0.39, 0.29) is 0 Å². The van der Waals surface area contributed by atoms with Crippen LogP contribution in [0.25, 0.3) is 0 Å². The number of nitrogens with one attached hydrogen (secondary N) is 1. The summed E-state index contributed by atoms with van der Waals surface area (Å²) < 4.78 is 0. The van der Waals surface area contributed by atoms with Gasteiger partial charge in [0.05, 0.1) is 0 Å². The second kappa shape index (κ2) is 6.64. The zero-order valence-corrected chi connectivity index (χ0v) is 11.7. The van der Waals surface area contributed by atoms with Crippen LogP contribution in [-0.4, -0.2) is 44.2 Å². The number of anilines is 2. The Morgan fingerprint density at radius 2 is 1.67 bits per heavy atom. The van der Waals surface area contributed by atoms with Gasteiger partial charge in [0, 0.05) is 44.1 Å². The summed E-state index contributed by atoms with van der Waals surface area (Å²) in [5, 5.41) is 3.41. The van der Waals surface area contributed by atoms with Gasteiger partial charge in [0.15, 0.2) is 0 Å². The van der Waals surface area contributed by atoms with Gasteiger partial charge < -0.3 is 15.1 Å². The number of nitrogens with zero attached hydrogens (tertiary/aromatic N) is 2. The molecule has 1 N–H and O–H groups in total. The largest absolute Gasteiger partial charge is 0.385 e. The molecular formula is C15H25N3. The van der Waals surface area contributed by atoms with Gasteiger partial charge in [-0.15, -0.1) is 0 Å². The predicted molar refractivity (Wildman–Crippen MR) is 79.5 cm³/mol. The Balaban J connectivity index is 1.89. The number of likely N-dealkylation sites (N-methyl/N-ethyl adjacent to an activating group) is 1. The molecule has 0 amide bonds. The first-order valence-electron chi connectivity index (χ1n) is 7.14. The Morgan fingerprint density at radius 1 is 1.00 bits per heavy atom. The molecule has 1 aliphatic rings. The molecule has 1 aromatic rings. The molecule has 0 radical (unpaired) electrons. The average Bonchev–Trinajstić information content (AvgIpc) is 2.46. The molecule has 1 heterocycles. The van der Waals surface area contributed by atoms with Gasteiger partial charge in [-0.3, -0.25) is 0 Å². The van der Waals surface area contributed by atoms with Crippen LogP contribution in [0.5, 0.6) is 0 Å². The fraction of sp³-hybridized carbons (Fsp3) is 0.600. The van der Waals surface area contributed by atoms with Crippen LogP contribution >= 0.6 is 0 Å². The fourth-order valence-corrected chi connectivity index (χ4v) is 2.38. The lowest BCUT2D eigenvalue weighted by Crippen LogP contribution is -2.46. The van der Waals surface area contributed by atoms with Crippen LogP contribution in [0.2, 0.25) is 0 Å². The smallest absolute Gasteiger partial charge is 0.0368 e. The monoisotopic (exact) mass is 247 g/mol. The SMILES string of the molecule is CCCNc1ccc(N2CCN(CC)CC2)cc1. The van der Waals surface area contributed by atoms with Gasteiger partial charge in [-0.1, -0.05) is 13.8 Å². The van der Waals surface area contributed by atoms with Crippen molar-refractivity contribution in [2.75, 3.05) is 49.5 Å². The van der Waals surface area contributed by atoms with Crippen LogP contribution in [0.4, 0.5) is 11.4 Å². The van der Waals surface area contributed by atoms with Gasteiger partial charge in [-0.2, -0.15) is 0 Å². The van der Waals surface area contributed by atoms with Crippen molar-refractivity contribution in [2.24, 2.45) is 0 Å².